The summed E-state index contributed by atoms with van der Waals surface area (Å²) in [7, 11) is 0. The van der Waals surface area contributed by atoms with Crippen LogP contribution in [0.25, 0.3) is 0 Å². The molecule has 0 unspecified atom stereocenters. The van der Waals surface area contributed by atoms with E-state index < -0.39 is 5.82 Å². The van der Waals surface area contributed by atoms with E-state index in [-0.39, 0.29) is 15.3 Å². The minimum atomic E-state index is -0.549. The number of nitrogens with zero attached hydrogens (tertiary/aromatic N) is 1. The maximum Gasteiger partial charge on any atom is 0.184 e. The second kappa shape index (κ2) is 5.04. The minimum Gasteiger partial charge on any atom is -0.506 e. The number of hydrogen-bond acceptors (Lipinski definition) is 3. The Balaban J connectivity index is 2.92. The Hall–Kier alpha value is -1.21. The van der Waals surface area contributed by atoms with Crippen molar-refractivity contribution in [3.63, 3.8) is 0 Å². The molecular formula is C8H7BrFN3OS. The summed E-state index contributed by atoms with van der Waals surface area (Å²) in [5.41, 5.74) is 7.78. The van der Waals surface area contributed by atoms with E-state index in [4.69, 9.17) is 5.73 Å². The van der Waals surface area contributed by atoms with E-state index in [9.17, 15) is 9.50 Å². The Morgan fingerprint density at radius 3 is 2.93 bits per heavy atom. The van der Waals surface area contributed by atoms with Crippen LogP contribution < -0.4 is 11.2 Å². The van der Waals surface area contributed by atoms with Crippen molar-refractivity contribution in [1.82, 2.24) is 5.43 Å². The lowest BCUT2D eigenvalue weighted by Crippen LogP contribution is -2.24. The van der Waals surface area contributed by atoms with Gasteiger partial charge >= 0.3 is 0 Å². The molecular weight excluding hydrogens is 285 g/mol. The fraction of sp³-hybridized carbons (Fsp3) is 0. The average Bonchev–Trinajstić information content (AvgIpc) is 2.18. The van der Waals surface area contributed by atoms with Gasteiger partial charge in [0.25, 0.3) is 0 Å². The maximum absolute atomic E-state index is 12.9. The molecule has 1 aromatic rings. The third kappa shape index (κ3) is 3.14. The number of hydrogen-bond donors (Lipinski definition) is 3. The van der Waals surface area contributed by atoms with E-state index in [2.05, 4.69) is 38.7 Å². The second-order valence-corrected chi connectivity index (χ2v) is 3.77. The number of nitrogens with one attached hydrogen (secondary N) is 1. The van der Waals surface area contributed by atoms with E-state index in [1.54, 1.807) is 0 Å². The summed E-state index contributed by atoms with van der Waals surface area (Å²) >= 11 is 7.40. The Kier molecular flexibility index (Phi) is 3.98. The molecule has 4 nitrogen and oxygen atoms in total. The Morgan fingerprint density at radius 1 is 1.67 bits per heavy atom. The summed E-state index contributed by atoms with van der Waals surface area (Å²) in [4.78, 5) is 0. The molecule has 0 radical (unpaired) electrons. The van der Waals surface area contributed by atoms with Gasteiger partial charge in [0.15, 0.2) is 5.11 Å². The van der Waals surface area contributed by atoms with Gasteiger partial charge < -0.3 is 10.8 Å². The minimum absolute atomic E-state index is 0.00640. The van der Waals surface area contributed by atoms with E-state index in [0.717, 1.165) is 0 Å². The highest BCUT2D eigenvalue weighted by Gasteiger charge is 2.08. The number of benzene rings is 1. The van der Waals surface area contributed by atoms with Crippen molar-refractivity contribution in [2.75, 3.05) is 0 Å². The van der Waals surface area contributed by atoms with Crippen LogP contribution in [0.1, 0.15) is 5.56 Å². The van der Waals surface area contributed by atoms with E-state index in [1.165, 1.54) is 18.3 Å². The highest BCUT2D eigenvalue weighted by Crippen LogP contribution is 2.29. The first-order valence-corrected chi connectivity index (χ1v) is 4.98. The van der Waals surface area contributed by atoms with Gasteiger partial charge in [-0.1, -0.05) is 0 Å². The predicted molar refractivity (Wildman–Crippen MR) is 63.3 cm³/mol. The van der Waals surface area contributed by atoms with E-state index in [0.29, 0.717) is 5.56 Å². The monoisotopic (exact) mass is 291 g/mol. The molecule has 0 aliphatic carbocycles. The summed E-state index contributed by atoms with van der Waals surface area (Å²) in [5.74, 6) is -0.782. The van der Waals surface area contributed by atoms with Gasteiger partial charge in [-0.3, -0.25) is 5.43 Å². The Morgan fingerprint density at radius 2 is 2.33 bits per heavy atom. The highest BCUT2D eigenvalue weighted by molar-refractivity contribution is 9.10. The number of phenolic OH excluding ortho intramolecular Hbond substituents is 1. The maximum atomic E-state index is 12.9. The van der Waals surface area contributed by atoms with Crippen molar-refractivity contribution in [3.05, 3.63) is 28.0 Å². The summed E-state index contributed by atoms with van der Waals surface area (Å²) < 4.78 is 12.9. The first-order chi connectivity index (χ1) is 7.02. The van der Waals surface area contributed by atoms with Crippen LogP contribution in [0.2, 0.25) is 0 Å². The standard InChI is InChI=1S/C8H7BrFN3OS/c9-6-5(10)2-1-4(7(6)14)3-12-13-8(11)15/h1-3,14H,(H3,11,13,15). The van der Waals surface area contributed by atoms with Crippen molar-refractivity contribution in [2.24, 2.45) is 10.8 Å². The summed E-state index contributed by atoms with van der Waals surface area (Å²) in [6, 6.07) is 2.58. The molecule has 0 atom stereocenters. The lowest BCUT2D eigenvalue weighted by atomic mass is 10.2. The van der Waals surface area contributed by atoms with Gasteiger partial charge in [0.1, 0.15) is 11.6 Å². The first kappa shape index (κ1) is 11.9. The number of thiocarbonyl (C=S) groups is 1. The number of hydrazone groups is 1. The largest absolute Gasteiger partial charge is 0.506 e. The molecule has 0 aromatic heterocycles. The van der Waals surface area contributed by atoms with Crippen LogP contribution in [0.3, 0.4) is 0 Å². The normalized spacial score (nSPS) is 10.5. The van der Waals surface area contributed by atoms with Crippen molar-refractivity contribution in [2.45, 2.75) is 0 Å². The molecule has 0 heterocycles. The number of rotatable bonds is 2. The van der Waals surface area contributed by atoms with Crippen LogP contribution in [0.5, 0.6) is 5.75 Å². The third-order valence-electron chi connectivity index (χ3n) is 1.48. The zero-order valence-corrected chi connectivity index (χ0v) is 9.77. The van der Waals surface area contributed by atoms with E-state index in [1.807, 2.05) is 0 Å². The topological polar surface area (TPSA) is 70.6 Å². The molecule has 80 valence electrons. The van der Waals surface area contributed by atoms with Gasteiger partial charge in [0.05, 0.1) is 10.7 Å². The molecule has 0 fully saturated rings. The van der Waals surface area contributed by atoms with Crippen LogP contribution in [-0.4, -0.2) is 16.4 Å². The summed E-state index contributed by atoms with van der Waals surface area (Å²) in [6.45, 7) is 0. The smallest absolute Gasteiger partial charge is 0.184 e. The molecule has 1 aromatic carbocycles. The zero-order chi connectivity index (χ0) is 11.4. The summed E-state index contributed by atoms with van der Waals surface area (Å²) in [5, 5.41) is 13.1. The number of halogens is 2. The Bertz CT molecular complexity index is 425. The van der Waals surface area contributed by atoms with Crippen LogP contribution in [-0.2, 0) is 0 Å². The van der Waals surface area contributed by atoms with Gasteiger partial charge in [-0.15, -0.1) is 0 Å². The van der Waals surface area contributed by atoms with Gasteiger partial charge in [0, 0.05) is 5.56 Å². The quantitative estimate of drug-likeness (QED) is 0.438. The molecule has 15 heavy (non-hydrogen) atoms. The van der Waals surface area contributed by atoms with Gasteiger partial charge in [-0.05, 0) is 40.3 Å². The average molecular weight is 292 g/mol. The SMILES string of the molecule is NC(=S)NN=Cc1ccc(F)c(Br)c1O. The zero-order valence-electron chi connectivity index (χ0n) is 7.37. The van der Waals surface area contributed by atoms with Crippen molar-refractivity contribution >= 4 is 39.5 Å². The van der Waals surface area contributed by atoms with Crippen LogP contribution in [0, 0.1) is 5.82 Å². The molecule has 0 amide bonds. The van der Waals surface area contributed by atoms with E-state index >= 15 is 0 Å². The molecule has 1 rings (SSSR count). The van der Waals surface area contributed by atoms with Crippen molar-refractivity contribution in [1.29, 1.82) is 0 Å². The number of aromatic hydroxyl groups is 1. The predicted octanol–water partition coefficient (Wildman–Crippen LogP) is 1.46. The van der Waals surface area contributed by atoms with Crippen LogP contribution in [0.15, 0.2) is 21.7 Å². The van der Waals surface area contributed by atoms with Crippen molar-refractivity contribution in [3.8, 4) is 5.75 Å². The van der Waals surface area contributed by atoms with Crippen LogP contribution in [0.4, 0.5) is 4.39 Å². The molecule has 0 bridgehead atoms. The number of phenols is 1. The molecule has 0 saturated carbocycles. The fourth-order valence-electron chi connectivity index (χ4n) is 0.824. The van der Waals surface area contributed by atoms with Crippen molar-refractivity contribution < 1.29 is 9.50 Å². The van der Waals surface area contributed by atoms with Gasteiger partial charge in [0.2, 0.25) is 0 Å². The molecule has 0 aliphatic heterocycles. The molecule has 0 saturated heterocycles. The summed E-state index contributed by atoms with van der Waals surface area (Å²) in [6.07, 6.45) is 1.28. The number of nitrogens with two attached hydrogens (primary N) is 1. The highest BCUT2D eigenvalue weighted by atomic mass is 79.9. The van der Waals surface area contributed by atoms with Gasteiger partial charge in [-0.2, -0.15) is 5.10 Å². The first-order valence-electron chi connectivity index (χ1n) is 3.78. The lowest BCUT2D eigenvalue weighted by Gasteiger charge is -2.02. The van der Waals surface area contributed by atoms with Crippen LogP contribution >= 0.6 is 28.1 Å². The molecule has 0 spiro atoms. The second-order valence-electron chi connectivity index (χ2n) is 2.53. The fourth-order valence-corrected chi connectivity index (χ4v) is 1.24. The molecule has 0 aliphatic rings. The Labute approximate surface area is 99.1 Å². The molecule has 7 heteroatoms. The molecule has 4 N–H and O–H groups in total. The lowest BCUT2D eigenvalue weighted by molar-refractivity contribution is 0.463. The third-order valence-corrected chi connectivity index (χ3v) is 2.32. The van der Waals surface area contributed by atoms with Gasteiger partial charge in [-0.25, -0.2) is 4.39 Å².